The molecule has 26 heavy (non-hydrogen) atoms. The first-order valence-corrected chi connectivity index (χ1v) is 9.32. The third-order valence-electron chi connectivity index (χ3n) is 4.58. The van der Waals surface area contributed by atoms with Gasteiger partial charge in [-0.3, -0.25) is 0 Å². The van der Waals surface area contributed by atoms with Crippen molar-refractivity contribution in [3.8, 4) is 0 Å². The van der Waals surface area contributed by atoms with Crippen LogP contribution in [-0.4, -0.2) is 57.6 Å². The Labute approximate surface area is 163 Å². The maximum absolute atomic E-state index is 12.6. The minimum Gasteiger partial charge on any atom is -0.444 e. The van der Waals surface area contributed by atoms with Crippen molar-refractivity contribution < 1.29 is 14.3 Å². The largest absolute Gasteiger partial charge is 0.444 e. The number of amides is 3. The lowest BCUT2D eigenvalue weighted by molar-refractivity contribution is -0.0164. The van der Waals surface area contributed by atoms with E-state index in [4.69, 9.17) is 28.1 Å². The Hall–Kier alpha value is -1.66. The Bertz CT molecular complexity index is 690. The molecule has 0 radical (unpaired) electrons. The third kappa shape index (κ3) is 4.18. The van der Waals surface area contributed by atoms with Gasteiger partial charge >= 0.3 is 12.1 Å². The molecule has 1 aromatic carbocycles. The molecule has 2 fully saturated rings. The second kappa shape index (κ2) is 7.16. The van der Waals surface area contributed by atoms with Gasteiger partial charge in [0.25, 0.3) is 0 Å². The summed E-state index contributed by atoms with van der Waals surface area (Å²) in [4.78, 5) is 28.2. The highest BCUT2D eigenvalue weighted by Crippen LogP contribution is 2.34. The van der Waals surface area contributed by atoms with Crippen molar-refractivity contribution in [1.82, 2.24) is 14.2 Å². The lowest BCUT2D eigenvalue weighted by Gasteiger charge is -2.43. The highest BCUT2D eigenvalue weighted by Gasteiger charge is 2.50. The standard InChI is InChI=1S/C18H23Cl2N3O3/c1-18(2,3)26-17(25)22-10-13-9-21(11-15(13)22)16(24)23(20)8-12-4-6-14(19)7-5-12/h4-7,13,15H,8-11H2,1-3H3. The van der Waals surface area contributed by atoms with Gasteiger partial charge in [-0.15, -0.1) is 0 Å². The smallest absolute Gasteiger partial charge is 0.410 e. The lowest BCUT2D eigenvalue weighted by Crippen LogP contribution is -2.59. The summed E-state index contributed by atoms with van der Waals surface area (Å²) in [5, 5.41) is 0.638. The number of likely N-dealkylation sites (tertiary alicyclic amines) is 2. The molecule has 8 heteroatoms. The molecule has 6 nitrogen and oxygen atoms in total. The van der Waals surface area contributed by atoms with Crippen LogP contribution in [0.2, 0.25) is 5.02 Å². The van der Waals surface area contributed by atoms with Crippen molar-refractivity contribution in [2.75, 3.05) is 19.6 Å². The van der Waals surface area contributed by atoms with Gasteiger partial charge in [0.05, 0.1) is 12.6 Å². The van der Waals surface area contributed by atoms with Crippen LogP contribution in [0.5, 0.6) is 0 Å². The molecule has 2 atom stereocenters. The number of fused-ring (bicyclic) bond motifs is 1. The van der Waals surface area contributed by atoms with Gasteiger partial charge in [0.15, 0.2) is 0 Å². The highest BCUT2D eigenvalue weighted by molar-refractivity contribution is 6.30. The number of carbonyl (C=O) groups is 2. The quantitative estimate of drug-likeness (QED) is 0.706. The minimum absolute atomic E-state index is 0.00870. The summed E-state index contributed by atoms with van der Waals surface area (Å²) < 4.78 is 6.59. The SMILES string of the molecule is CC(C)(C)OC(=O)N1CC2CN(C(=O)N(Cl)Cc3ccc(Cl)cc3)CC21. The summed E-state index contributed by atoms with van der Waals surface area (Å²) in [5.74, 6) is 0.284. The van der Waals surface area contributed by atoms with E-state index in [1.54, 1.807) is 21.9 Å². The molecule has 0 spiro atoms. The fourth-order valence-electron chi connectivity index (χ4n) is 3.29. The summed E-state index contributed by atoms with van der Waals surface area (Å²) >= 11 is 12.1. The number of carbonyl (C=O) groups excluding carboxylic acids is 2. The van der Waals surface area contributed by atoms with Gasteiger partial charge in [-0.2, -0.15) is 0 Å². The Morgan fingerprint density at radius 1 is 1.19 bits per heavy atom. The zero-order valence-corrected chi connectivity index (χ0v) is 16.6. The number of rotatable bonds is 2. The predicted molar refractivity (Wildman–Crippen MR) is 100 cm³/mol. The molecule has 0 saturated carbocycles. The monoisotopic (exact) mass is 399 g/mol. The molecule has 0 aliphatic carbocycles. The first-order valence-electron chi connectivity index (χ1n) is 8.60. The van der Waals surface area contributed by atoms with Gasteiger partial charge in [0, 0.05) is 42.4 Å². The van der Waals surface area contributed by atoms with Crippen molar-refractivity contribution in [2.24, 2.45) is 5.92 Å². The summed E-state index contributed by atoms with van der Waals surface area (Å²) in [6.07, 6.45) is -0.322. The molecule has 2 unspecified atom stereocenters. The van der Waals surface area contributed by atoms with E-state index in [1.807, 2.05) is 32.9 Å². The molecule has 3 amide bonds. The molecule has 2 saturated heterocycles. The van der Waals surface area contributed by atoms with E-state index in [0.717, 1.165) is 5.56 Å². The molecular weight excluding hydrogens is 377 g/mol. The van der Waals surface area contributed by atoms with Crippen LogP contribution in [0.4, 0.5) is 9.59 Å². The molecule has 1 aromatic rings. The van der Waals surface area contributed by atoms with E-state index in [2.05, 4.69) is 0 Å². The Balaban J connectivity index is 1.54. The van der Waals surface area contributed by atoms with Gasteiger partial charge in [0.2, 0.25) is 0 Å². The molecular formula is C18H23Cl2N3O3. The molecule has 0 bridgehead atoms. The fraction of sp³-hybridized carbons (Fsp3) is 0.556. The maximum Gasteiger partial charge on any atom is 0.410 e. The van der Waals surface area contributed by atoms with Crippen molar-refractivity contribution in [3.05, 3.63) is 34.9 Å². The van der Waals surface area contributed by atoms with Crippen LogP contribution in [-0.2, 0) is 11.3 Å². The van der Waals surface area contributed by atoms with Crippen LogP contribution in [0.15, 0.2) is 24.3 Å². The Kier molecular flexibility index (Phi) is 5.26. The van der Waals surface area contributed by atoms with E-state index < -0.39 is 5.60 Å². The Morgan fingerprint density at radius 2 is 1.85 bits per heavy atom. The first kappa shape index (κ1) is 19.1. The van der Waals surface area contributed by atoms with E-state index in [9.17, 15) is 9.59 Å². The lowest BCUT2D eigenvalue weighted by atomic mass is 9.93. The number of benzene rings is 1. The van der Waals surface area contributed by atoms with Crippen molar-refractivity contribution in [3.63, 3.8) is 0 Å². The van der Waals surface area contributed by atoms with Crippen LogP contribution < -0.4 is 0 Å². The normalized spacial score (nSPS) is 21.9. The van der Waals surface area contributed by atoms with Gasteiger partial charge < -0.3 is 14.5 Å². The van der Waals surface area contributed by atoms with Gasteiger partial charge in [-0.25, -0.2) is 14.0 Å². The van der Waals surface area contributed by atoms with Crippen molar-refractivity contribution >= 4 is 35.5 Å². The molecule has 2 aliphatic rings. The average Bonchev–Trinajstić information content (AvgIpc) is 2.84. The molecule has 3 rings (SSSR count). The zero-order chi connectivity index (χ0) is 19.1. The Morgan fingerprint density at radius 3 is 2.46 bits per heavy atom. The predicted octanol–water partition coefficient (Wildman–Crippen LogP) is 3.97. The second-order valence-electron chi connectivity index (χ2n) is 7.79. The number of hydrogen-bond acceptors (Lipinski definition) is 3. The summed E-state index contributed by atoms with van der Waals surface area (Å²) in [5.41, 5.74) is 0.372. The van der Waals surface area contributed by atoms with Crippen molar-refractivity contribution in [2.45, 2.75) is 39.0 Å². The van der Waals surface area contributed by atoms with Crippen LogP contribution in [0.3, 0.4) is 0 Å². The summed E-state index contributed by atoms with van der Waals surface area (Å²) in [6, 6.07) is 6.96. The third-order valence-corrected chi connectivity index (χ3v) is 5.09. The highest BCUT2D eigenvalue weighted by atomic mass is 35.5. The first-order chi connectivity index (χ1) is 12.1. The van der Waals surface area contributed by atoms with Crippen molar-refractivity contribution in [1.29, 1.82) is 0 Å². The van der Waals surface area contributed by atoms with Gasteiger partial charge in [0.1, 0.15) is 5.60 Å². The average molecular weight is 400 g/mol. The fourth-order valence-corrected chi connectivity index (χ4v) is 3.67. The number of halogens is 2. The van der Waals surface area contributed by atoms with E-state index in [-0.39, 0.29) is 24.1 Å². The molecule has 142 valence electrons. The van der Waals surface area contributed by atoms with Gasteiger partial charge in [-0.05, 0) is 38.5 Å². The van der Waals surface area contributed by atoms with E-state index in [1.165, 1.54) is 4.42 Å². The number of ether oxygens (including phenoxy) is 1. The minimum atomic E-state index is -0.526. The van der Waals surface area contributed by atoms with Crippen LogP contribution >= 0.6 is 23.4 Å². The second-order valence-corrected chi connectivity index (χ2v) is 8.64. The molecule has 2 heterocycles. The molecule has 0 N–H and O–H groups in total. The number of urea groups is 1. The summed E-state index contributed by atoms with van der Waals surface area (Å²) in [7, 11) is 0. The molecule has 2 aliphatic heterocycles. The van der Waals surface area contributed by atoms with Gasteiger partial charge in [-0.1, -0.05) is 23.7 Å². The zero-order valence-electron chi connectivity index (χ0n) is 15.1. The van der Waals surface area contributed by atoms with Crippen LogP contribution in [0, 0.1) is 5.92 Å². The van der Waals surface area contributed by atoms with Crippen LogP contribution in [0.25, 0.3) is 0 Å². The number of nitrogens with zero attached hydrogens (tertiary/aromatic N) is 3. The topological polar surface area (TPSA) is 53.1 Å². The molecule has 0 aromatic heterocycles. The number of hydrogen-bond donors (Lipinski definition) is 0. The van der Waals surface area contributed by atoms with E-state index >= 15 is 0 Å². The van der Waals surface area contributed by atoms with E-state index in [0.29, 0.717) is 31.2 Å². The van der Waals surface area contributed by atoms with Crippen LogP contribution in [0.1, 0.15) is 26.3 Å². The summed E-state index contributed by atoms with van der Waals surface area (Å²) in [6.45, 7) is 7.51. The maximum atomic E-state index is 12.6.